The van der Waals surface area contributed by atoms with Gasteiger partial charge in [-0.2, -0.15) is 0 Å². The van der Waals surface area contributed by atoms with Gasteiger partial charge in [0.1, 0.15) is 5.78 Å². The molecule has 0 amide bonds. The lowest BCUT2D eigenvalue weighted by molar-refractivity contribution is -0.119. The summed E-state index contributed by atoms with van der Waals surface area (Å²) in [6.45, 7) is 0. The minimum atomic E-state index is -0.197. The largest absolute Gasteiger partial charge is 0.300 e. The number of Topliss-reactive ketones (excluding diaryl/α,β-unsaturated/α-hetero) is 1. The lowest BCUT2D eigenvalue weighted by Gasteiger charge is -2.37. The lowest BCUT2D eigenvalue weighted by Crippen LogP contribution is -2.31. The summed E-state index contributed by atoms with van der Waals surface area (Å²) >= 11 is 1.90. The molecule has 19 heavy (non-hydrogen) atoms. The summed E-state index contributed by atoms with van der Waals surface area (Å²) in [5.74, 6) is 1.27. The Morgan fingerprint density at radius 3 is 1.84 bits per heavy atom. The van der Waals surface area contributed by atoms with Crippen molar-refractivity contribution >= 4 is 17.5 Å². The summed E-state index contributed by atoms with van der Waals surface area (Å²) in [5.41, 5.74) is 2.47. The van der Waals surface area contributed by atoms with Gasteiger partial charge in [0.05, 0.1) is 4.75 Å². The highest BCUT2D eigenvalue weighted by molar-refractivity contribution is 8.00. The normalized spacial score (nSPS) is 18.2. The van der Waals surface area contributed by atoms with Crippen molar-refractivity contribution in [2.45, 2.75) is 17.6 Å². The monoisotopic (exact) mass is 268 g/mol. The van der Waals surface area contributed by atoms with E-state index in [0.717, 1.165) is 5.75 Å². The summed E-state index contributed by atoms with van der Waals surface area (Å²) in [5, 5.41) is 0. The van der Waals surface area contributed by atoms with Gasteiger partial charge in [-0.25, -0.2) is 0 Å². The van der Waals surface area contributed by atoms with Crippen LogP contribution in [0.15, 0.2) is 60.7 Å². The van der Waals surface area contributed by atoms with Crippen LogP contribution in [0.25, 0.3) is 0 Å². The highest BCUT2D eigenvalue weighted by atomic mass is 32.2. The number of hydrogen-bond acceptors (Lipinski definition) is 2. The number of benzene rings is 2. The van der Waals surface area contributed by atoms with Gasteiger partial charge in [0.15, 0.2) is 0 Å². The predicted octanol–water partition coefficient (Wildman–Crippen LogP) is 4.03. The number of carbonyl (C=O) groups excluding carboxylic acids is 1. The number of carbonyl (C=O) groups is 1. The van der Waals surface area contributed by atoms with Crippen molar-refractivity contribution in [3.05, 3.63) is 71.8 Å². The topological polar surface area (TPSA) is 17.1 Å². The number of ketones is 1. The molecule has 2 heteroatoms. The Kier molecular flexibility index (Phi) is 3.43. The van der Waals surface area contributed by atoms with Gasteiger partial charge in [-0.05, 0) is 11.1 Å². The maximum absolute atomic E-state index is 12.0. The second-order valence-electron chi connectivity index (χ2n) is 4.87. The summed E-state index contributed by atoms with van der Waals surface area (Å²) in [4.78, 5) is 12.0. The van der Waals surface area contributed by atoms with Crippen molar-refractivity contribution in [3.8, 4) is 0 Å². The Balaban J connectivity index is 2.13. The second-order valence-corrected chi connectivity index (χ2v) is 6.27. The number of thioether (sulfide) groups is 1. The van der Waals surface area contributed by atoms with Gasteiger partial charge >= 0.3 is 0 Å². The quantitative estimate of drug-likeness (QED) is 0.818. The SMILES string of the molecule is O=C1CCSC(c2ccccc2)(c2ccccc2)C1. The van der Waals surface area contributed by atoms with E-state index < -0.39 is 0 Å². The van der Waals surface area contributed by atoms with Gasteiger partial charge in [-0.1, -0.05) is 60.7 Å². The molecule has 0 N–H and O–H groups in total. The fourth-order valence-electron chi connectivity index (χ4n) is 2.71. The van der Waals surface area contributed by atoms with Gasteiger partial charge in [-0.15, -0.1) is 11.8 Å². The summed E-state index contributed by atoms with van der Waals surface area (Å²) in [6.07, 6.45) is 1.30. The smallest absolute Gasteiger partial charge is 0.135 e. The molecule has 1 heterocycles. The van der Waals surface area contributed by atoms with Crippen LogP contribution in [-0.4, -0.2) is 11.5 Å². The molecule has 1 fully saturated rings. The van der Waals surface area contributed by atoms with Crippen molar-refractivity contribution in [1.29, 1.82) is 0 Å². The van der Waals surface area contributed by atoms with E-state index in [0.29, 0.717) is 18.6 Å². The first-order chi connectivity index (χ1) is 9.31. The van der Waals surface area contributed by atoms with Crippen molar-refractivity contribution in [3.63, 3.8) is 0 Å². The summed E-state index contributed by atoms with van der Waals surface area (Å²) in [7, 11) is 0. The molecule has 0 unspecified atom stereocenters. The average molecular weight is 268 g/mol. The first kappa shape index (κ1) is 12.5. The molecule has 0 spiro atoms. The van der Waals surface area contributed by atoms with E-state index in [-0.39, 0.29) is 4.75 Å². The van der Waals surface area contributed by atoms with Gasteiger partial charge in [-0.3, -0.25) is 4.79 Å². The van der Waals surface area contributed by atoms with Crippen LogP contribution in [-0.2, 0) is 9.54 Å². The van der Waals surface area contributed by atoms with Gasteiger partial charge < -0.3 is 0 Å². The van der Waals surface area contributed by atoms with Crippen LogP contribution in [0.4, 0.5) is 0 Å². The average Bonchev–Trinajstić information content (AvgIpc) is 2.49. The Morgan fingerprint density at radius 1 is 0.842 bits per heavy atom. The van der Waals surface area contributed by atoms with Gasteiger partial charge in [0, 0.05) is 18.6 Å². The van der Waals surface area contributed by atoms with E-state index in [9.17, 15) is 4.79 Å². The third kappa shape index (κ3) is 2.33. The highest BCUT2D eigenvalue weighted by Gasteiger charge is 2.39. The minimum Gasteiger partial charge on any atom is -0.300 e. The molecule has 0 aliphatic carbocycles. The molecule has 1 saturated heterocycles. The number of hydrogen-bond donors (Lipinski definition) is 0. The van der Waals surface area contributed by atoms with E-state index >= 15 is 0 Å². The van der Waals surface area contributed by atoms with Crippen LogP contribution in [0.1, 0.15) is 24.0 Å². The van der Waals surface area contributed by atoms with Crippen LogP contribution in [0.3, 0.4) is 0 Å². The molecule has 1 aliphatic heterocycles. The Bertz CT molecular complexity index is 523. The molecule has 0 bridgehead atoms. The van der Waals surface area contributed by atoms with Crippen LogP contribution < -0.4 is 0 Å². The van der Waals surface area contributed by atoms with E-state index in [1.165, 1.54) is 11.1 Å². The molecule has 0 aromatic heterocycles. The molecule has 1 aliphatic rings. The van der Waals surface area contributed by atoms with Crippen molar-refractivity contribution in [2.24, 2.45) is 0 Å². The van der Waals surface area contributed by atoms with Gasteiger partial charge in [0.25, 0.3) is 0 Å². The third-order valence-electron chi connectivity index (χ3n) is 3.66. The molecule has 3 rings (SSSR count). The lowest BCUT2D eigenvalue weighted by atomic mass is 9.85. The molecule has 96 valence electrons. The maximum atomic E-state index is 12.0. The van der Waals surface area contributed by atoms with E-state index in [1.54, 1.807) is 0 Å². The third-order valence-corrected chi connectivity index (χ3v) is 5.17. The fraction of sp³-hybridized carbons (Fsp3) is 0.235. The Morgan fingerprint density at radius 2 is 1.37 bits per heavy atom. The molecular formula is C17H16OS. The number of rotatable bonds is 2. The van der Waals surface area contributed by atoms with E-state index in [2.05, 4.69) is 48.5 Å². The van der Waals surface area contributed by atoms with E-state index in [1.807, 2.05) is 23.9 Å². The standard InChI is InChI=1S/C17H16OS/c18-16-11-12-19-17(13-16,14-7-3-1-4-8-14)15-9-5-2-6-10-15/h1-10H,11-13H2. The van der Waals surface area contributed by atoms with Crippen LogP contribution >= 0.6 is 11.8 Å². The zero-order chi connectivity index (χ0) is 13.1. The van der Waals surface area contributed by atoms with Crippen molar-refractivity contribution in [1.82, 2.24) is 0 Å². The molecule has 0 atom stereocenters. The highest BCUT2D eigenvalue weighted by Crippen LogP contribution is 2.48. The molecule has 2 aromatic carbocycles. The maximum Gasteiger partial charge on any atom is 0.135 e. The predicted molar refractivity (Wildman–Crippen MR) is 80.4 cm³/mol. The first-order valence-electron chi connectivity index (χ1n) is 6.58. The second kappa shape index (κ2) is 5.22. The van der Waals surface area contributed by atoms with Crippen LogP contribution in [0, 0.1) is 0 Å². The minimum absolute atomic E-state index is 0.197. The summed E-state index contributed by atoms with van der Waals surface area (Å²) < 4.78 is -0.197. The molecule has 2 aromatic rings. The van der Waals surface area contributed by atoms with E-state index in [4.69, 9.17) is 0 Å². The molecule has 0 radical (unpaired) electrons. The Hall–Kier alpha value is -1.54. The molecular weight excluding hydrogens is 252 g/mol. The zero-order valence-corrected chi connectivity index (χ0v) is 11.5. The van der Waals surface area contributed by atoms with Crippen LogP contribution in [0.2, 0.25) is 0 Å². The van der Waals surface area contributed by atoms with Crippen molar-refractivity contribution < 1.29 is 4.79 Å². The Labute approximate surface area is 118 Å². The molecule has 0 saturated carbocycles. The van der Waals surface area contributed by atoms with Crippen molar-refractivity contribution in [2.75, 3.05) is 5.75 Å². The summed E-state index contributed by atoms with van der Waals surface area (Å²) in [6, 6.07) is 20.8. The zero-order valence-electron chi connectivity index (χ0n) is 10.7. The first-order valence-corrected chi connectivity index (χ1v) is 7.56. The van der Waals surface area contributed by atoms with Crippen LogP contribution in [0.5, 0.6) is 0 Å². The fourth-order valence-corrected chi connectivity index (χ4v) is 4.26. The van der Waals surface area contributed by atoms with Gasteiger partial charge in [0.2, 0.25) is 0 Å². The molecule has 1 nitrogen and oxygen atoms in total.